The molecule has 34 heavy (non-hydrogen) atoms. The molecule has 0 fully saturated rings. The molecule has 0 bridgehead atoms. The molecule has 0 radical (unpaired) electrons. The maximum Gasteiger partial charge on any atom is 0.385 e. The van der Waals surface area contributed by atoms with Crippen molar-refractivity contribution in [1.82, 2.24) is 0 Å². The molecule has 0 aliphatic heterocycles. The van der Waals surface area contributed by atoms with E-state index < -0.39 is 5.97 Å². The van der Waals surface area contributed by atoms with Gasteiger partial charge in [-0.05, 0) is 47.5 Å². The van der Waals surface area contributed by atoms with Gasteiger partial charge in [0.05, 0.1) is 21.3 Å². The van der Waals surface area contributed by atoms with Crippen LogP contribution in [0.5, 0.6) is 23.0 Å². The first-order valence-corrected chi connectivity index (χ1v) is 10.5. The lowest BCUT2D eigenvalue weighted by atomic mass is 10.2. The fourth-order valence-electron chi connectivity index (χ4n) is 3.02. The molecule has 0 aliphatic carbocycles. The minimum atomic E-state index is -0.625. The van der Waals surface area contributed by atoms with Crippen molar-refractivity contribution in [3.8, 4) is 34.8 Å². The number of hydrogen-bond acceptors (Lipinski definition) is 6. The zero-order valence-corrected chi connectivity index (χ0v) is 19.4. The molecule has 0 aromatic heterocycles. The Bertz CT molecular complexity index is 1190. The van der Waals surface area contributed by atoms with Crippen molar-refractivity contribution < 1.29 is 28.5 Å². The summed E-state index contributed by atoms with van der Waals surface area (Å²) in [5.41, 5.74) is 2.56. The van der Waals surface area contributed by atoms with E-state index in [0.29, 0.717) is 35.2 Å². The summed E-state index contributed by atoms with van der Waals surface area (Å²) in [5, 5.41) is 0. The van der Waals surface area contributed by atoms with Crippen molar-refractivity contribution in [2.24, 2.45) is 0 Å². The van der Waals surface area contributed by atoms with E-state index in [0.717, 1.165) is 11.1 Å². The molecule has 3 aromatic carbocycles. The molecule has 0 saturated carbocycles. The van der Waals surface area contributed by atoms with Crippen molar-refractivity contribution in [2.75, 3.05) is 27.9 Å². The number of rotatable bonds is 9. The second-order valence-electron chi connectivity index (χ2n) is 7.01. The van der Waals surface area contributed by atoms with E-state index in [1.54, 1.807) is 45.6 Å². The normalized spacial score (nSPS) is 10.2. The third-order valence-electron chi connectivity index (χ3n) is 4.74. The van der Waals surface area contributed by atoms with Crippen molar-refractivity contribution in [3.05, 3.63) is 89.5 Å². The Hall–Kier alpha value is -4.37. The van der Waals surface area contributed by atoms with Crippen molar-refractivity contribution in [1.29, 1.82) is 0 Å². The highest BCUT2D eigenvalue weighted by Crippen LogP contribution is 2.29. The van der Waals surface area contributed by atoms with Gasteiger partial charge in [-0.3, -0.25) is 0 Å². The molecule has 0 N–H and O–H groups in total. The largest absolute Gasteiger partial charge is 0.493 e. The van der Waals surface area contributed by atoms with Crippen LogP contribution in [0.4, 0.5) is 0 Å². The highest BCUT2D eigenvalue weighted by molar-refractivity contribution is 5.89. The van der Waals surface area contributed by atoms with E-state index >= 15 is 0 Å². The van der Waals surface area contributed by atoms with Crippen LogP contribution in [0.2, 0.25) is 0 Å². The zero-order valence-electron chi connectivity index (χ0n) is 19.4. The van der Waals surface area contributed by atoms with Gasteiger partial charge in [0.2, 0.25) is 0 Å². The van der Waals surface area contributed by atoms with Crippen molar-refractivity contribution in [2.45, 2.75) is 6.61 Å². The van der Waals surface area contributed by atoms with Crippen LogP contribution in [-0.2, 0) is 16.1 Å². The molecule has 3 aromatic rings. The van der Waals surface area contributed by atoms with Gasteiger partial charge in [-0.2, -0.15) is 0 Å². The third kappa shape index (κ3) is 7.07. The number of esters is 1. The van der Waals surface area contributed by atoms with Crippen LogP contribution in [-0.4, -0.2) is 33.9 Å². The summed E-state index contributed by atoms with van der Waals surface area (Å²) >= 11 is 0. The van der Waals surface area contributed by atoms with Gasteiger partial charge in [0.1, 0.15) is 13.2 Å². The van der Waals surface area contributed by atoms with E-state index in [1.807, 2.05) is 54.6 Å². The lowest BCUT2D eigenvalue weighted by Crippen LogP contribution is -2.01. The van der Waals surface area contributed by atoms with Crippen LogP contribution >= 0.6 is 0 Å². The van der Waals surface area contributed by atoms with Gasteiger partial charge in [0.15, 0.2) is 23.0 Å². The highest BCUT2D eigenvalue weighted by Gasteiger charge is 2.06. The molecule has 0 spiro atoms. The molecular weight excluding hydrogens is 432 g/mol. The highest BCUT2D eigenvalue weighted by atomic mass is 16.5. The molecule has 3 rings (SSSR count). The molecule has 6 nitrogen and oxygen atoms in total. The van der Waals surface area contributed by atoms with E-state index in [4.69, 9.17) is 23.7 Å². The average Bonchev–Trinajstić information content (AvgIpc) is 2.89. The summed E-state index contributed by atoms with van der Waals surface area (Å²) in [5.74, 6) is 7.05. The van der Waals surface area contributed by atoms with Crippen LogP contribution in [0.25, 0.3) is 6.08 Å². The summed E-state index contributed by atoms with van der Waals surface area (Å²) < 4.78 is 26.9. The summed E-state index contributed by atoms with van der Waals surface area (Å²) in [6.07, 6.45) is 3.55. The van der Waals surface area contributed by atoms with Crippen LogP contribution < -0.4 is 18.9 Å². The van der Waals surface area contributed by atoms with Crippen LogP contribution in [0.15, 0.2) is 72.8 Å². The molecular formula is C28H26O6. The van der Waals surface area contributed by atoms with Gasteiger partial charge in [-0.1, -0.05) is 48.4 Å². The number of benzene rings is 3. The first-order valence-electron chi connectivity index (χ1n) is 10.5. The fourth-order valence-corrected chi connectivity index (χ4v) is 3.02. The topological polar surface area (TPSA) is 63.2 Å². The lowest BCUT2D eigenvalue weighted by Gasteiger charge is -2.11. The number of hydrogen-bond donors (Lipinski definition) is 0. The van der Waals surface area contributed by atoms with Crippen LogP contribution in [0, 0.1) is 11.8 Å². The van der Waals surface area contributed by atoms with Gasteiger partial charge in [-0.15, -0.1) is 0 Å². The number of ether oxygens (including phenoxy) is 5. The average molecular weight is 459 g/mol. The van der Waals surface area contributed by atoms with E-state index in [2.05, 4.69) is 11.8 Å². The Morgan fingerprint density at radius 3 is 2.26 bits per heavy atom. The van der Waals surface area contributed by atoms with Gasteiger partial charge >= 0.3 is 5.97 Å². The predicted molar refractivity (Wildman–Crippen MR) is 130 cm³/mol. The third-order valence-corrected chi connectivity index (χ3v) is 4.74. The summed E-state index contributed by atoms with van der Waals surface area (Å²) in [7, 11) is 4.71. The molecule has 0 aliphatic rings. The van der Waals surface area contributed by atoms with Crippen molar-refractivity contribution in [3.63, 3.8) is 0 Å². The number of carbonyl (C=O) groups is 1. The Morgan fingerprint density at radius 2 is 1.53 bits per heavy atom. The summed E-state index contributed by atoms with van der Waals surface area (Å²) in [6, 6.07) is 20.6. The fraction of sp³-hybridized carbons (Fsp3) is 0.179. The maximum absolute atomic E-state index is 12.0. The number of methoxy groups -OCH3 is 3. The summed E-state index contributed by atoms with van der Waals surface area (Å²) in [6.45, 7) is 0.517. The van der Waals surface area contributed by atoms with Gasteiger partial charge in [-0.25, -0.2) is 4.79 Å². The Labute approximate surface area is 199 Å². The Morgan fingerprint density at radius 1 is 0.824 bits per heavy atom. The molecule has 0 saturated heterocycles. The minimum absolute atomic E-state index is 0.0947. The summed E-state index contributed by atoms with van der Waals surface area (Å²) in [4.78, 5) is 12.0. The lowest BCUT2D eigenvalue weighted by molar-refractivity contribution is -0.135. The predicted octanol–water partition coefficient (Wildman–Crippen LogP) is 4.90. The molecule has 0 amide bonds. The van der Waals surface area contributed by atoms with Gasteiger partial charge < -0.3 is 23.7 Å². The van der Waals surface area contributed by atoms with E-state index in [-0.39, 0.29) is 6.61 Å². The standard InChI is InChI=1S/C28H26O6/c1-30-24-14-11-21(18-26(24)31-2)10-7-17-33-28(29)16-13-22-12-15-25(27(19-22)32-3)34-20-23-8-5-4-6-9-23/h4-12,14-15,18-19H,17,20H2,1-3H3/b10-7+. The van der Waals surface area contributed by atoms with Gasteiger partial charge in [0.25, 0.3) is 0 Å². The smallest absolute Gasteiger partial charge is 0.385 e. The second-order valence-corrected chi connectivity index (χ2v) is 7.01. The first kappa shape index (κ1) is 24.3. The molecule has 0 atom stereocenters. The van der Waals surface area contributed by atoms with Crippen LogP contribution in [0.1, 0.15) is 16.7 Å². The SMILES string of the molecule is COc1ccc(/C=C/COC(=O)C#Cc2ccc(OCc3ccccc3)c(OC)c2)cc1OC. The molecule has 6 heteroatoms. The van der Waals surface area contributed by atoms with Crippen LogP contribution in [0.3, 0.4) is 0 Å². The minimum Gasteiger partial charge on any atom is -0.493 e. The van der Waals surface area contributed by atoms with E-state index in [1.165, 1.54) is 0 Å². The second kappa shape index (κ2) is 12.6. The first-order chi connectivity index (χ1) is 16.6. The monoisotopic (exact) mass is 458 g/mol. The van der Waals surface area contributed by atoms with Gasteiger partial charge in [0, 0.05) is 11.5 Å². The zero-order chi connectivity index (χ0) is 24.2. The quantitative estimate of drug-likeness (QED) is 0.336. The molecule has 174 valence electrons. The van der Waals surface area contributed by atoms with Crippen molar-refractivity contribution >= 4 is 12.0 Å². The maximum atomic E-state index is 12.0. The molecule has 0 heterocycles. The molecule has 0 unspecified atom stereocenters. The van der Waals surface area contributed by atoms with E-state index in [9.17, 15) is 4.79 Å². The Balaban J connectivity index is 1.53. The number of carbonyl (C=O) groups excluding carboxylic acids is 1. The Kier molecular flexibility index (Phi) is 9.00.